The normalized spacial score (nSPS) is 11.8. The van der Waals surface area contributed by atoms with E-state index in [1.807, 2.05) is 19.9 Å². The molecule has 0 radical (unpaired) electrons. The zero-order valence-corrected chi connectivity index (χ0v) is 11.3. The predicted octanol–water partition coefficient (Wildman–Crippen LogP) is 1.78. The minimum absolute atomic E-state index is 0.0318. The molecule has 1 aromatic carbocycles. The number of carbonyl (C=O) groups excluding carboxylic acids is 1. The van der Waals surface area contributed by atoms with Crippen LogP contribution in [0.4, 0.5) is 11.4 Å². The summed E-state index contributed by atoms with van der Waals surface area (Å²) in [6.07, 6.45) is 0.515. The standard InChI is InChI=1S/C13H16N4O3/c1-8(2)5-11(15)13(18)16-12-4-3-10(17(19)20)6-9(12)7-14/h3-4,6,8,11H,5,15H2,1-2H3,(H,16,18)/t11-/m1/s1. The lowest BCUT2D eigenvalue weighted by atomic mass is 10.0. The van der Waals surface area contributed by atoms with Gasteiger partial charge in [-0.3, -0.25) is 14.9 Å². The fourth-order valence-electron chi connectivity index (χ4n) is 1.69. The van der Waals surface area contributed by atoms with Crippen LogP contribution >= 0.6 is 0 Å². The lowest BCUT2D eigenvalue weighted by Gasteiger charge is -2.14. The first-order valence-corrected chi connectivity index (χ1v) is 6.10. The number of nitro benzene ring substituents is 1. The first kappa shape index (κ1) is 15.6. The highest BCUT2D eigenvalue weighted by molar-refractivity contribution is 5.95. The van der Waals surface area contributed by atoms with Crippen molar-refractivity contribution < 1.29 is 9.72 Å². The Hall–Kier alpha value is -2.46. The van der Waals surface area contributed by atoms with Crippen molar-refractivity contribution in [2.45, 2.75) is 26.3 Å². The summed E-state index contributed by atoms with van der Waals surface area (Å²) in [5, 5.41) is 22.1. The van der Waals surface area contributed by atoms with Gasteiger partial charge in [-0.25, -0.2) is 0 Å². The second-order valence-corrected chi connectivity index (χ2v) is 4.82. The number of hydrogen-bond donors (Lipinski definition) is 2. The van der Waals surface area contributed by atoms with Crippen molar-refractivity contribution in [3.8, 4) is 6.07 Å². The van der Waals surface area contributed by atoms with Gasteiger partial charge in [0.1, 0.15) is 6.07 Å². The van der Waals surface area contributed by atoms with Crippen molar-refractivity contribution in [1.29, 1.82) is 5.26 Å². The van der Waals surface area contributed by atoms with Crippen LogP contribution in [0, 0.1) is 27.4 Å². The molecule has 0 aliphatic heterocycles. The van der Waals surface area contributed by atoms with Gasteiger partial charge < -0.3 is 11.1 Å². The number of anilines is 1. The van der Waals surface area contributed by atoms with Gasteiger partial charge in [0.15, 0.2) is 0 Å². The molecule has 0 aromatic heterocycles. The Morgan fingerprint density at radius 3 is 2.70 bits per heavy atom. The van der Waals surface area contributed by atoms with Crippen LogP contribution in [0.5, 0.6) is 0 Å². The molecular weight excluding hydrogens is 260 g/mol. The van der Waals surface area contributed by atoms with Crippen molar-refractivity contribution in [3.63, 3.8) is 0 Å². The van der Waals surface area contributed by atoms with E-state index in [2.05, 4.69) is 5.32 Å². The minimum atomic E-state index is -0.684. The Balaban J connectivity index is 2.90. The van der Waals surface area contributed by atoms with Gasteiger partial charge >= 0.3 is 0 Å². The first-order chi connectivity index (χ1) is 9.35. The Morgan fingerprint density at radius 1 is 1.55 bits per heavy atom. The van der Waals surface area contributed by atoms with E-state index in [9.17, 15) is 14.9 Å². The second-order valence-electron chi connectivity index (χ2n) is 4.82. The van der Waals surface area contributed by atoms with Crippen molar-refractivity contribution >= 4 is 17.3 Å². The number of nitro groups is 1. The summed E-state index contributed by atoms with van der Waals surface area (Å²) in [7, 11) is 0. The number of carbonyl (C=O) groups is 1. The molecule has 0 fully saturated rings. The molecule has 0 saturated heterocycles. The van der Waals surface area contributed by atoms with E-state index < -0.39 is 16.9 Å². The third kappa shape index (κ3) is 4.03. The molecule has 1 atom stereocenters. The van der Waals surface area contributed by atoms with Crippen LogP contribution in [0.1, 0.15) is 25.8 Å². The summed E-state index contributed by atoms with van der Waals surface area (Å²) in [4.78, 5) is 21.9. The quantitative estimate of drug-likeness (QED) is 0.627. The highest BCUT2D eigenvalue weighted by atomic mass is 16.6. The molecule has 0 spiro atoms. The van der Waals surface area contributed by atoms with Crippen LogP contribution in [0.15, 0.2) is 18.2 Å². The number of nitrogens with zero attached hydrogens (tertiary/aromatic N) is 2. The molecule has 0 saturated carbocycles. The molecule has 1 aromatic rings. The molecule has 0 heterocycles. The van der Waals surface area contributed by atoms with Crippen LogP contribution in [0.25, 0.3) is 0 Å². The molecular formula is C13H16N4O3. The molecule has 0 aliphatic rings. The van der Waals surface area contributed by atoms with Gasteiger partial charge in [0, 0.05) is 12.1 Å². The highest BCUT2D eigenvalue weighted by Crippen LogP contribution is 2.21. The van der Waals surface area contributed by atoms with E-state index in [1.165, 1.54) is 12.1 Å². The Bertz CT molecular complexity index is 563. The van der Waals surface area contributed by atoms with Gasteiger partial charge in [-0.05, 0) is 18.4 Å². The van der Waals surface area contributed by atoms with E-state index in [0.717, 1.165) is 6.07 Å². The Morgan fingerprint density at radius 2 is 2.20 bits per heavy atom. The maximum atomic E-state index is 11.9. The van der Waals surface area contributed by atoms with Gasteiger partial charge in [-0.15, -0.1) is 0 Å². The van der Waals surface area contributed by atoms with Crippen LogP contribution in [-0.2, 0) is 4.79 Å². The molecule has 0 aliphatic carbocycles. The minimum Gasteiger partial charge on any atom is -0.324 e. The van der Waals surface area contributed by atoms with Gasteiger partial charge in [0.25, 0.3) is 5.69 Å². The van der Waals surface area contributed by atoms with Gasteiger partial charge in [-0.1, -0.05) is 13.8 Å². The van der Waals surface area contributed by atoms with Crippen molar-refractivity contribution in [1.82, 2.24) is 0 Å². The van der Waals surface area contributed by atoms with Crippen molar-refractivity contribution in [3.05, 3.63) is 33.9 Å². The summed E-state index contributed by atoms with van der Waals surface area (Å²) in [5.41, 5.74) is 5.79. The highest BCUT2D eigenvalue weighted by Gasteiger charge is 2.17. The van der Waals surface area contributed by atoms with Crippen molar-refractivity contribution in [2.75, 3.05) is 5.32 Å². The molecule has 20 heavy (non-hydrogen) atoms. The van der Waals surface area contributed by atoms with E-state index in [1.54, 1.807) is 0 Å². The predicted molar refractivity (Wildman–Crippen MR) is 73.9 cm³/mol. The lowest BCUT2D eigenvalue weighted by molar-refractivity contribution is -0.384. The van der Waals surface area contributed by atoms with E-state index in [4.69, 9.17) is 11.0 Å². The number of non-ortho nitro benzene ring substituents is 1. The Kier molecular flexibility index (Phi) is 5.17. The fourth-order valence-corrected chi connectivity index (χ4v) is 1.69. The number of benzene rings is 1. The van der Waals surface area contributed by atoms with Crippen LogP contribution in [0.3, 0.4) is 0 Å². The van der Waals surface area contributed by atoms with E-state index in [-0.39, 0.29) is 22.9 Å². The number of nitrogens with one attached hydrogen (secondary N) is 1. The summed E-state index contributed by atoms with van der Waals surface area (Å²) in [6.45, 7) is 3.89. The summed E-state index contributed by atoms with van der Waals surface area (Å²) in [5.74, 6) is -0.146. The summed E-state index contributed by atoms with van der Waals surface area (Å²) in [6, 6.07) is 4.80. The average molecular weight is 276 g/mol. The number of nitriles is 1. The van der Waals surface area contributed by atoms with Gasteiger partial charge in [0.05, 0.1) is 22.2 Å². The molecule has 0 unspecified atom stereocenters. The number of rotatable bonds is 5. The third-order valence-corrected chi connectivity index (χ3v) is 2.65. The van der Waals surface area contributed by atoms with Crippen LogP contribution in [0.2, 0.25) is 0 Å². The zero-order chi connectivity index (χ0) is 15.3. The number of hydrogen-bond acceptors (Lipinski definition) is 5. The monoisotopic (exact) mass is 276 g/mol. The molecule has 1 amide bonds. The van der Waals surface area contributed by atoms with E-state index >= 15 is 0 Å². The molecule has 1 rings (SSSR count). The fraction of sp³-hybridized carbons (Fsp3) is 0.385. The molecule has 7 heteroatoms. The largest absolute Gasteiger partial charge is 0.324 e. The Labute approximate surface area is 116 Å². The first-order valence-electron chi connectivity index (χ1n) is 6.10. The average Bonchev–Trinajstić information content (AvgIpc) is 2.37. The van der Waals surface area contributed by atoms with Gasteiger partial charge in [-0.2, -0.15) is 5.26 Å². The number of nitrogens with two attached hydrogens (primary N) is 1. The third-order valence-electron chi connectivity index (χ3n) is 2.65. The summed E-state index contributed by atoms with van der Waals surface area (Å²) < 4.78 is 0. The van der Waals surface area contributed by atoms with Crippen molar-refractivity contribution in [2.24, 2.45) is 11.7 Å². The number of amides is 1. The maximum absolute atomic E-state index is 11.9. The molecule has 3 N–H and O–H groups in total. The lowest BCUT2D eigenvalue weighted by Crippen LogP contribution is -2.36. The summed E-state index contributed by atoms with van der Waals surface area (Å²) >= 11 is 0. The molecule has 106 valence electrons. The second kappa shape index (κ2) is 6.63. The van der Waals surface area contributed by atoms with Gasteiger partial charge in [0.2, 0.25) is 5.91 Å². The molecule has 0 bridgehead atoms. The smallest absolute Gasteiger partial charge is 0.270 e. The topological polar surface area (TPSA) is 122 Å². The van der Waals surface area contributed by atoms with Crippen LogP contribution < -0.4 is 11.1 Å². The maximum Gasteiger partial charge on any atom is 0.270 e. The SMILES string of the molecule is CC(C)C[C@@H](N)C(=O)Nc1ccc([N+](=O)[O-])cc1C#N. The zero-order valence-electron chi connectivity index (χ0n) is 11.3. The molecule has 7 nitrogen and oxygen atoms in total. The van der Waals surface area contributed by atoms with E-state index in [0.29, 0.717) is 6.42 Å². The van der Waals surface area contributed by atoms with Crippen LogP contribution in [-0.4, -0.2) is 16.9 Å².